The molecule has 63 heavy (non-hydrogen) atoms. The average molecular weight is 896 g/mol. The molecule has 0 spiro atoms. The molecular formula is C48H73N5O9S. The Morgan fingerprint density at radius 2 is 1.21 bits per heavy atom. The summed E-state index contributed by atoms with van der Waals surface area (Å²) in [5.74, 6) is -5.78. The Labute approximate surface area is 378 Å². The molecule has 1 heterocycles. The second-order valence-electron chi connectivity index (χ2n) is 18.8. The van der Waals surface area contributed by atoms with E-state index in [4.69, 9.17) is 15.7 Å². The standard InChI is InChI=1S/C48H73N5O9S/c1-28(2)20-33(44(56)51(10)32(9)48(61)62-42(47(59)60)17-15-19-49)25-41(55)39(24-35-27-63-43-18-14-13-16-36(35)43)52(11)45(57)34(21-29(3)4)26-40(54)38(23-31(7)8)53(12)46(58)37(50)22-30(5)6/h13-14,16,18,27-34,37-39,42H,15,17,20-26,50H2,1-12H3,(H,59,60)/t32-,33+,34+,37-,38-,39-,42+/m0/s1. The number of hydrogen-bond acceptors (Lipinski definition) is 11. The van der Waals surface area contributed by atoms with Gasteiger partial charge in [0.2, 0.25) is 17.7 Å². The minimum absolute atomic E-state index is 0.00637. The van der Waals surface area contributed by atoms with E-state index in [1.807, 2.05) is 91.1 Å². The van der Waals surface area contributed by atoms with Gasteiger partial charge in [0.15, 0.2) is 17.7 Å². The topological polar surface area (TPSA) is 208 Å². The lowest BCUT2D eigenvalue weighted by Crippen LogP contribution is -2.51. The molecule has 0 aliphatic heterocycles. The van der Waals surface area contributed by atoms with Crippen molar-refractivity contribution in [3.63, 3.8) is 0 Å². The van der Waals surface area contributed by atoms with Gasteiger partial charge in [0.1, 0.15) is 6.04 Å². The third-order valence-corrected chi connectivity index (χ3v) is 12.5. The number of nitriles is 1. The van der Waals surface area contributed by atoms with Crippen molar-refractivity contribution in [3.8, 4) is 6.07 Å². The predicted molar refractivity (Wildman–Crippen MR) is 245 cm³/mol. The maximum atomic E-state index is 14.8. The van der Waals surface area contributed by atoms with Crippen molar-refractivity contribution < 1.29 is 43.4 Å². The van der Waals surface area contributed by atoms with Gasteiger partial charge in [-0.25, -0.2) is 9.59 Å². The van der Waals surface area contributed by atoms with Crippen LogP contribution in [0.3, 0.4) is 0 Å². The van der Waals surface area contributed by atoms with Gasteiger partial charge in [0, 0.05) is 69.8 Å². The normalized spacial score (nSPS) is 15.0. The van der Waals surface area contributed by atoms with Crippen LogP contribution in [0.25, 0.3) is 10.1 Å². The van der Waals surface area contributed by atoms with Crippen molar-refractivity contribution in [3.05, 3.63) is 35.2 Å². The molecule has 1 aromatic carbocycles. The number of carbonyl (C=O) groups is 7. The van der Waals surface area contributed by atoms with Crippen LogP contribution in [-0.2, 0) is 44.7 Å². The van der Waals surface area contributed by atoms with Crippen molar-refractivity contribution in [1.29, 1.82) is 5.26 Å². The monoisotopic (exact) mass is 896 g/mol. The fourth-order valence-electron chi connectivity index (χ4n) is 8.03. The number of nitrogens with zero attached hydrogens (tertiary/aromatic N) is 4. The number of fused-ring (bicyclic) bond motifs is 1. The SMILES string of the molecule is CC(C)C[C@H](CC(=O)[C@H](Cc1csc2ccccc12)N(C)C(=O)[C@@H](CC(=O)[C@H](CC(C)C)N(C)C(=O)[C@@H](N)CC(C)C)CC(C)C)C(=O)N(C)[C@@H](C)C(=O)O[C@H](CCC#N)C(=O)O. The zero-order valence-corrected chi connectivity index (χ0v) is 40.4. The van der Waals surface area contributed by atoms with Crippen molar-refractivity contribution in [2.45, 2.75) is 150 Å². The van der Waals surface area contributed by atoms with Crippen LogP contribution >= 0.6 is 11.3 Å². The number of nitrogens with two attached hydrogens (primary N) is 1. The molecule has 350 valence electrons. The van der Waals surface area contributed by atoms with E-state index in [0.717, 1.165) is 20.5 Å². The second kappa shape index (κ2) is 25.6. The number of carboxylic acid groups (broad SMARTS) is 1. The molecule has 0 fully saturated rings. The highest BCUT2D eigenvalue weighted by Crippen LogP contribution is 2.31. The first kappa shape index (κ1) is 54.5. The van der Waals surface area contributed by atoms with Crippen LogP contribution in [0, 0.1) is 46.8 Å². The molecule has 1 aromatic heterocycles. The number of likely N-dealkylation sites (N-methyl/N-ethyl adjacent to an activating group) is 3. The van der Waals surface area contributed by atoms with Crippen LogP contribution in [0.4, 0.5) is 0 Å². The van der Waals surface area contributed by atoms with E-state index in [1.165, 1.54) is 35.1 Å². The first-order chi connectivity index (χ1) is 29.4. The van der Waals surface area contributed by atoms with Crippen molar-refractivity contribution in [2.75, 3.05) is 21.1 Å². The molecule has 15 heteroatoms. The lowest BCUT2D eigenvalue weighted by Gasteiger charge is -2.34. The Hall–Kier alpha value is -4.68. The highest BCUT2D eigenvalue weighted by atomic mass is 32.1. The molecular weight excluding hydrogens is 823 g/mol. The van der Waals surface area contributed by atoms with Crippen LogP contribution < -0.4 is 5.73 Å². The molecule has 0 aliphatic carbocycles. The number of ketones is 2. The van der Waals surface area contributed by atoms with Crippen molar-refractivity contribution in [2.24, 2.45) is 41.2 Å². The number of carbonyl (C=O) groups excluding carboxylic acids is 6. The molecule has 7 atom stereocenters. The molecule has 3 N–H and O–H groups in total. The molecule has 0 saturated heterocycles. The number of rotatable bonds is 27. The van der Waals surface area contributed by atoms with Gasteiger partial charge in [-0.15, -0.1) is 11.3 Å². The Kier molecular flexibility index (Phi) is 22.1. The van der Waals surface area contributed by atoms with E-state index in [1.54, 1.807) is 14.1 Å². The lowest BCUT2D eigenvalue weighted by molar-refractivity contribution is -0.169. The summed E-state index contributed by atoms with van der Waals surface area (Å²) in [7, 11) is 4.56. The zero-order chi connectivity index (χ0) is 47.9. The van der Waals surface area contributed by atoms with E-state index in [0.29, 0.717) is 19.3 Å². The first-order valence-corrected chi connectivity index (χ1v) is 23.2. The Bertz CT molecular complexity index is 1920. The van der Waals surface area contributed by atoms with Gasteiger partial charge in [-0.3, -0.25) is 24.0 Å². The summed E-state index contributed by atoms with van der Waals surface area (Å²) in [6, 6.07) is 5.78. The molecule has 14 nitrogen and oxygen atoms in total. The number of thiophene rings is 1. The van der Waals surface area contributed by atoms with E-state index >= 15 is 0 Å². The van der Waals surface area contributed by atoms with Crippen LogP contribution in [0.2, 0.25) is 0 Å². The van der Waals surface area contributed by atoms with Gasteiger partial charge in [0.05, 0.1) is 24.2 Å². The molecule has 2 rings (SSSR count). The molecule has 0 radical (unpaired) electrons. The van der Waals surface area contributed by atoms with E-state index in [9.17, 15) is 38.7 Å². The summed E-state index contributed by atoms with van der Waals surface area (Å²) in [5.41, 5.74) is 7.14. The van der Waals surface area contributed by atoms with Gasteiger partial charge < -0.3 is 30.3 Å². The lowest BCUT2D eigenvalue weighted by atomic mass is 9.85. The Morgan fingerprint density at radius 3 is 1.71 bits per heavy atom. The Morgan fingerprint density at radius 1 is 0.714 bits per heavy atom. The number of ether oxygens (including phenoxy) is 1. The molecule has 2 aromatic rings. The largest absolute Gasteiger partial charge is 0.479 e. The van der Waals surface area contributed by atoms with Crippen molar-refractivity contribution in [1.82, 2.24) is 14.7 Å². The quantitative estimate of drug-likeness (QED) is 0.0881. The number of benzene rings is 1. The van der Waals surface area contributed by atoms with Crippen LogP contribution in [0.15, 0.2) is 29.6 Å². The van der Waals surface area contributed by atoms with Crippen LogP contribution in [0.5, 0.6) is 0 Å². The minimum Gasteiger partial charge on any atom is -0.479 e. The van der Waals surface area contributed by atoms with E-state index < -0.39 is 65.9 Å². The fourth-order valence-corrected chi connectivity index (χ4v) is 9.00. The van der Waals surface area contributed by atoms with Crippen LogP contribution in [-0.4, -0.2) is 112 Å². The van der Waals surface area contributed by atoms with Gasteiger partial charge in [0.25, 0.3) is 0 Å². The van der Waals surface area contributed by atoms with Gasteiger partial charge in [-0.05, 0) is 78.7 Å². The molecule has 0 saturated carbocycles. The number of hydrogen-bond donors (Lipinski definition) is 2. The highest BCUT2D eigenvalue weighted by Gasteiger charge is 2.39. The maximum Gasteiger partial charge on any atom is 0.345 e. The summed E-state index contributed by atoms with van der Waals surface area (Å²) in [6.45, 7) is 17.0. The van der Waals surface area contributed by atoms with Gasteiger partial charge in [-0.2, -0.15) is 5.26 Å². The molecule has 0 bridgehead atoms. The Balaban J connectivity index is 2.56. The van der Waals surface area contributed by atoms with E-state index in [2.05, 4.69) is 0 Å². The summed E-state index contributed by atoms with van der Waals surface area (Å²) >= 11 is 1.52. The van der Waals surface area contributed by atoms with Gasteiger partial charge >= 0.3 is 11.9 Å². The first-order valence-electron chi connectivity index (χ1n) is 22.3. The third-order valence-electron chi connectivity index (χ3n) is 11.5. The summed E-state index contributed by atoms with van der Waals surface area (Å²) in [6.07, 6.45) is -0.718. The number of Topliss-reactive ketones (excluding diaryl/α,β-unsaturated/α-hetero) is 2. The number of amides is 3. The second-order valence-corrected chi connectivity index (χ2v) is 19.7. The van der Waals surface area contributed by atoms with Crippen molar-refractivity contribution >= 4 is 62.6 Å². The zero-order valence-electron chi connectivity index (χ0n) is 39.6. The highest BCUT2D eigenvalue weighted by molar-refractivity contribution is 7.17. The third kappa shape index (κ3) is 16.4. The smallest absolute Gasteiger partial charge is 0.345 e. The molecule has 0 unspecified atom stereocenters. The summed E-state index contributed by atoms with van der Waals surface area (Å²) < 4.78 is 6.20. The number of aliphatic carboxylic acids is 1. The summed E-state index contributed by atoms with van der Waals surface area (Å²) in [4.78, 5) is 101. The summed E-state index contributed by atoms with van der Waals surface area (Å²) in [5, 5.41) is 21.4. The fraction of sp³-hybridized carbons (Fsp3) is 0.667. The van der Waals surface area contributed by atoms with Gasteiger partial charge in [-0.1, -0.05) is 73.6 Å². The maximum absolute atomic E-state index is 14.8. The average Bonchev–Trinajstić information content (AvgIpc) is 3.62. The predicted octanol–water partition coefficient (Wildman–Crippen LogP) is 6.91. The molecule has 3 amide bonds. The van der Waals surface area contributed by atoms with Crippen LogP contribution in [0.1, 0.15) is 119 Å². The molecule has 0 aliphatic rings. The number of carboxylic acids is 1. The van der Waals surface area contributed by atoms with E-state index in [-0.39, 0.29) is 79.7 Å². The number of esters is 1. The minimum atomic E-state index is -1.56.